The first-order valence-corrected chi connectivity index (χ1v) is 4.29. The van der Waals surface area contributed by atoms with Gasteiger partial charge in [-0.2, -0.15) is 0 Å². The third-order valence-corrected chi connectivity index (χ3v) is 3.04. The van der Waals surface area contributed by atoms with Crippen LogP contribution in [-0.2, 0) is 0 Å². The van der Waals surface area contributed by atoms with Crippen LogP contribution in [0.5, 0.6) is 0 Å². The predicted octanol–water partition coefficient (Wildman–Crippen LogP) is 2.02. The third kappa shape index (κ3) is 1.49. The number of carboxylic acids is 1. The Morgan fingerprint density at radius 3 is 2.73 bits per heavy atom. The van der Waals surface area contributed by atoms with Gasteiger partial charge in [-0.25, -0.2) is 4.79 Å². The van der Waals surface area contributed by atoms with Crippen molar-refractivity contribution in [2.75, 3.05) is 0 Å². The molecule has 0 amide bonds. The SMILES string of the molecule is O=Cc1c(Br)csc1C(=O)O. The lowest BCUT2D eigenvalue weighted by atomic mass is 10.3. The molecule has 1 aromatic heterocycles. The molecule has 0 atom stereocenters. The highest BCUT2D eigenvalue weighted by Gasteiger charge is 2.14. The van der Waals surface area contributed by atoms with Gasteiger partial charge in [-0.15, -0.1) is 11.3 Å². The van der Waals surface area contributed by atoms with Crippen LogP contribution in [0.2, 0.25) is 0 Å². The molecule has 0 aliphatic carbocycles. The van der Waals surface area contributed by atoms with Crippen molar-refractivity contribution in [2.45, 2.75) is 0 Å². The fourth-order valence-corrected chi connectivity index (χ4v) is 2.06. The molecule has 0 spiro atoms. The van der Waals surface area contributed by atoms with E-state index in [1.165, 1.54) is 0 Å². The van der Waals surface area contributed by atoms with E-state index in [1.807, 2.05) is 0 Å². The summed E-state index contributed by atoms with van der Waals surface area (Å²) in [6, 6.07) is 0. The van der Waals surface area contributed by atoms with Gasteiger partial charge in [0, 0.05) is 9.85 Å². The standard InChI is InChI=1S/C6H3BrO3S/c7-4-2-11-5(6(9)10)3(4)1-8/h1-2H,(H,9,10). The molecule has 1 aromatic rings. The molecule has 1 N–H and O–H groups in total. The van der Waals surface area contributed by atoms with E-state index in [1.54, 1.807) is 5.38 Å². The highest BCUT2D eigenvalue weighted by molar-refractivity contribution is 9.10. The fraction of sp³-hybridized carbons (Fsp3) is 0. The highest BCUT2D eigenvalue weighted by Crippen LogP contribution is 2.25. The summed E-state index contributed by atoms with van der Waals surface area (Å²) >= 11 is 4.09. The second-order valence-electron chi connectivity index (χ2n) is 1.75. The van der Waals surface area contributed by atoms with Gasteiger partial charge in [0.1, 0.15) is 4.88 Å². The Kier molecular flexibility index (Phi) is 2.41. The zero-order valence-electron chi connectivity index (χ0n) is 5.20. The Labute approximate surface area is 74.8 Å². The zero-order chi connectivity index (χ0) is 8.43. The number of carbonyl (C=O) groups is 2. The molecule has 3 nitrogen and oxygen atoms in total. The summed E-state index contributed by atoms with van der Waals surface area (Å²) in [6.45, 7) is 0. The molecule has 0 aromatic carbocycles. The lowest BCUT2D eigenvalue weighted by Crippen LogP contribution is -1.96. The van der Waals surface area contributed by atoms with Crippen molar-refractivity contribution < 1.29 is 14.7 Å². The van der Waals surface area contributed by atoms with E-state index in [4.69, 9.17) is 5.11 Å². The Morgan fingerprint density at radius 1 is 1.73 bits per heavy atom. The number of hydrogen-bond acceptors (Lipinski definition) is 3. The van der Waals surface area contributed by atoms with Crippen molar-refractivity contribution >= 4 is 39.5 Å². The van der Waals surface area contributed by atoms with E-state index in [0.29, 0.717) is 10.8 Å². The molecule has 0 bridgehead atoms. The lowest BCUT2D eigenvalue weighted by molar-refractivity contribution is 0.0699. The monoisotopic (exact) mass is 234 g/mol. The smallest absolute Gasteiger partial charge is 0.346 e. The minimum atomic E-state index is -1.07. The molecule has 0 aliphatic rings. The Hall–Kier alpha value is -0.680. The first-order valence-electron chi connectivity index (χ1n) is 2.62. The van der Waals surface area contributed by atoms with Crippen LogP contribution in [0.4, 0.5) is 0 Å². The Balaban J connectivity index is 3.26. The minimum absolute atomic E-state index is 0.0758. The summed E-state index contributed by atoms with van der Waals surface area (Å²) in [4.78, 5) is 20.8. The largest absolute Gasteiger partial charge is 0.477 e. The molecule has 0 radical (unpaired) electrons. The number of thiophene rings is 1. The second-order valence-corrected chi connectivity index (χ2v) is 3.48. The molecule has 0 unspecified atom stereocenters. The van der Waals surface area contributed by atoms with Gasteiger partial charge in [-0.3, -0.25) is 4.79 Å². The third-order valence-electron chi connectivity index (χ3n) is 1.09. The van der Waals surface area contributed by atoms with Crippen molar-refractivity contribution in [1.29, 1.82) is 0 Å². The van der Waals surface area contributed by atoms with E-state index in [0.717, 1.165) is 11.3 Å². The van der Waals surface area contributed by atoms with Crippen LogP contribution in [0.25, 0.3) is 0 Å². The van der Waals surface area contributed by atoms with Crippen LogP contribution in [0.1, 0.15) is 20.0 Å². The molecule has 58 valence electrons. The molecule has 0 aliphatic heterocycles. The molecule has 0 saturated heterocycles. The molecule has 0 saturated carbocycles. The summed E-state index contributed by atoms with van der Waals surface area (Å²) in [5.74, 6) is -1.07. The van der Waals surface area contributed by atoms with Gasteiger partial charge in [0.05, 0.1) is 5.56 Å². The van der Waals surface area contributed by atoms with Crippen LogP contribution in [0, 0.1) is 0 Å². The van der Waals surface area contributed by atoms with Crippen LogP contribution < -0.4 is 0 Å². The first kappa shape index (κ1) is 8.42. The number of aromatic carboxylic acids is 1. The van der Waals surface area contributed by atoms with E-state index >= 15 is 0 Å². The molecular formula is C6H3BrO3S. The van der Waals surface area contributed by atoms with E-state index in [-0.39, 0.29) is 10.4 Å². The van der Waals surface area contributed by atoms with Crippen molar-refractivity contribution in [3.8, 4) is 0 Å². The lowest BCUT2D eigenvalue weighted by Gasteiger charge is -1.88. The van der Waals surface area contributed by atoms with Gasteiger partial charge < -0.3 is 5.11 Å². The summed E-state index contributed by atoms with van der Waals surface area (Å²) in [5, 5.41) is 10.1. The van der Waals surface area contributed by atoms with Crippen molar-refractivity contribution in [1.82, 2.24) is 0 Å². The number of halogens is 1. The molecule has 5 heteroatoms. The second kappa shape index (κ2) is 3.15. The van der Waals surface area contributed by atoms with Crippen molar-refractivity contribution in [2.24, 2.45) is 0 Å². The number of hydrogen-bond donors (Lipinski definition) is 1. The minimum Gasteiger partial charge on any atom is -0.477 e. The number of rotatable bonds is 2. The van der Waals surface area contributed by atoms with Gasteiger partial charge in [-0.05, 0) is 15.9 Å². The van der Waals surface area contributed by atoms with E-state index in [9.17, 15) is 9.59 Å². The molecule has 1 rings (SSSR count). The maximum atomic E-state index is 10.4. The number of carbonyl (C=O) groups excluding carboxylic acids is 1. The van der Waals surface area contributed by atoms with Crippen LogP contribution >= 0.6 is 27.3 Å². The Bertz CT molecular complexity index is 305. The Morgan fingerprint density at radius 2 is 2.36 bits per heavy atom. The normalized spacial score (nSPS) is 9.55. The molecule has 1 heterocycles. The average molecular weight is 235 g/mol. The van der Waals surface area contributed by atoms with E-state index < -0.39 is 5.97 Å². The van der Waals surface area contributed by atoms with Gasteiger partial charge in [0.25, 0.3) is 0 Å². The van der Waals surface area contributed by atoms with Gasteiger partial charge >= 0.3 is 5.97 Å². The summed E-state index contributed by atoms with van der Waals surface area (Å²) < 4.78 is 0.537. The summed E-state index contributed by atoms with van der Waals surface area (Å²) in [7, 11) is 0. The van der Waals surface area contributed by atoms with E-state index in [2.05, 4.69) is 15.9 Å². The zero-order valence-corrected chi connectivity index (χ0v) is 7.61. The molecule has 11 heavy (non-hydrogen) atoms. The quantitative estimate of drug-likeness (QED) is 0.797. The highest BCUT2D eigenvalue weighted by atomic mass is 79.9. The summed E-state index contributed by atoms with van der Waals surface area (Å²) in [5.41, 5.74) is 0.211. The van der Waals surface area contributed by atoms with Gasteiger partial charge in [0.2, 0.25) is 0 Å². The van der Waals surface area contributed by atoms with Crippen LogP contribution in [0.3, 0.4) is 0 Å². The maximum absolute atomic E-state index is 10.4. The number of aldehydes is 1. The predicted molar refractivity (Wildman–Crippen MR) is 44.4 cm³/mol. The average Bonchev–Trinajstić information content (AvgIpc) is 2.30. The van der Waals surface area contributed by atoms with Crippen molar-refractivity contribution in [3.63, 3.8) is 0 Å². The van der Waals surface area contributed by atoms with Crippen molar-refractivity contribution in [3.05, 3.63) is 20.3 Å². The van der Waals surface area contributed by atoms with Crippen LogP contribution in [0.15, 0.2) is 9.85 Å². The first-order chi connectivity index (χ1) is 5.16. The molecule has 0 fully saturated rings. The maximum Gasteiger partial charge on any atom is 0.346 e. The number of carboxylic acid groups (broad SMARTS) is 1. The van der Waals surface area contributed by atoms with Crippen LogP contribution in [-0.4, -0.2) is 17.4 Å². The van der Waals surface area contributed by atoms with Gasteiger partial charge in [0.15, 0.2) is 6.29 Å². The van der Waals surface area contributed by atoms with Gasteiger partial charge in [-0.1, -0.05) is 0 Å². The summed E-state index contributed by atoms with van der Waals surface area (Å²) in [6.07, 6.45) is 0.532. The topological polar surface area (TPSA) is 54.4 Å². The molecular weight excluding hydrogens is 232 g/mol. The fourth-order valence-electron chi connectivity index (χ4n) is 0.622.